The quantitative estimate of drug-likeness (QED) is 0.367. The standard InChI is InChI=1S/C12H11ClN2O4S/c1-2-5-20(18,19)14-8-9(7-13)11-6-10(15(16)17)3-4-12(11)14/h2-4,6,8H,1,5,7H2. The van der Waals surface area contributed by atoms with Gasteiger partial charge in [0.25, 0.3) is 5.69 Å². The number of halogens is 1. The highest BCUT2D eigenvalue weighted by molar-refractivity contribution is 7.90. The summed E-state index contributed by atoms with van der Waals surface area (Å²) in [6.45, 7) is 3.41. The van der Waals surface area contributed by atoms with E-state index >= 15 is 0 Å². The van der Waals surface area contributed by atoms with Crippen molar-refractivity contribution < 1.29 is 13.3 Å². The molecule has 0 saturated carbocycles. The van der Waals surface area contributed by atoms with Crippen LogP contribution in [0.1, 0.15) is 5.56 Å². The number of nitro groups is 1. The molecule has 0 atom stereocenters. The molecular formula is C12H11ClN2O4S. The number of non-ortho nitro benzene ring substituents is 1. The molecular weight excluding hydrogens is 304 g/mol. The third kappa shape index (κ3) is 2.41. The topological polar surface area (TPSA) is 82.2 Å². The van der Waals surface area contributed by atoms with E-state index in [1.165, 1.54) is 30.5 Å². The summed E-state index contributed by atoms with van der Waals surface area (Å²) in [7, 11) is -3.59. The molecule has 6 nitrogen and oxygen atoms in total. The first-order chi connectivity index (χ1) is 9.40. The summed E-state index contributed by atoms with van der Waals surface area (Å²) < 4.78 is 25.3. The minimum atomic E-state index is -3.59. The number of nitrogens with zero attached hydrogens (tertiary/aromatic N) is 2. The van der Waals surface area contributed by atoms with Crippen LogP contribution in [0.5, 0.6) is 0 Å². The lowest BCUT2D eigenvalue weighted by Crippen LogP contribution is -2.14. The van der Waals surface area contributed by atoms with Gasteiger partial charge in [-0.25, -0.2) is 12.4 Å². The minimum Gasteiger partial charge on any atom is -0.258 e. The van der Waals surface area contributed by atoms with Gasteiger partial charge in [-0.3, -0.25) is 10.1 Å². The molecule has 0 N–H and O–H groups in total. The summed E-state index contributed by atoms with van der Waals surface area (Å²) in [5.41, 5.74) is 0.786. The van der Waals surface area contributed by atoms with Crippen molar-refractivity contribution in [3.05, 3.63) is 52.7 Å². The Labute approximate surface area is 120 Å². The predicted molar refractivity (Wildman–Crippen MR) is 77.5 cm³/mol. The van der Waals surface area contributed by atoms with Crippen molar-refractivity contribution in [3.63, 3.8) is 0 Å². The lowest BCUT2D eigenvalue weighted by molar-refractivity contribution is -0.384. The summed E-state index contributed by atoms with van der Waals surface area (Å²) in [6.07, 6.45) is 2.67. The van der Waals surface area contributed by atoms with Gasteiger partial charge in [0, 0.05) is 29.6 Å². The van der Waals surface area contributed by atoms with Gasteiger partial charge in [-0.15, -0.1) is 18.2 Å². The molecule has 2 aromatic rings. The highest BCUT2D eigenvalue weighted by atomic mass is 35.5. The van der Waals surface area contributed by atoms with Crippen molar-refractivity contribution in [2.45, 2.75) is 5.88 Å². The van der Waals surface area contributed by atoms with Crippen LogP contribution in [0.2, 0.25) is 0 Å². The molecule has 0 saturated heterocycles. The Morgan fingerprint density at radius 3 is 2.70 bits per heavy atom. The van der Waals surface area contributed by atoms with Gasteiger partial charge < -0.3 is 0 Å². The molecule has 8 heteroatoms. The Kier molecular flexibility index (Phi) is 3.82. The van der Waals surface area contributed by atoms with Crippen LogP contribution in [0.4, 0.5) is 5.69 Å². The number of benzene rings is 1. The van der Waals surface area contributed by atoms with Crippen molar-refractivity contribution in [2.24, 2.45) is 0 Å². The summed E-state index contributed by atoms with van der Waals surface area (Å²) in [5, 5.41) is 11.2. The molecule has 0 aliphatic rings. The van der Waals surface area contributed by atoms with E-state index < -0.39 is 14.9 Å². The lowest BCUT2D eigenvalue weighted by atomic mass is 10.2. The molecule has 0 radical (unpaired) electrons. The Balaban J connectivity index is 2.76. The number of hydrogen-bond donors (Lipinski definition) is 0. The van der Waals surface area contributed by atoms with E-state index in [0.29, 0.717) is 16.5 Å². The molecule has 0 bridgehead atoms. The molecule has 0 amide bonds. The Morgan fingerprint density at radius 2 is 2.15 bits per heavy atom. The monoisotopic (exact) mass is 314 g/mol. The SMILES string of the molecule is C=CCS(=O)(=O)n1cc(CCl)c2cc([N+](=O)[O-])ccc21. The first-order valence-electron chi connectivity index (χ1n) is 5.59. The number of rotatable bonds is 5. The van der Waals surface area contributed by atoms with Gasteiger partial charge in [0.05, 0.1) is 16.2 Å². The van der Waals surface area contributed by atoms with Crippen LogP contribution in [0, 0.1) is 10.1 Å². The number of nitro benzene ring substituents is 1. The normalized spacial score (nSPS) is 11.7. The fourth-order valence-corrected chi connectivity index (χ4v) is 3.35. The van der Waals surface area contributed by atoms with E-state index in [1.807, 2.05) is 0 Å². The molecule has 0 aliphatic carbocycles. The van der Waals surface area contributed by atoms with E-state index in [4.69, 9.17) is 11.6 Å². The second-order valence-corrected chi connectivity index (χ2v) is 6.27. The zero-order valence-electron chi connectivity index (χ0n) is 10.3. The van der Waals surface area contributed by atoms with Gasteiger partial charge in [0.1, 0.15) is 0 Å². The zero-order valence-corrected chi connectivity index (χ0v) is 11.9. The van der Waals surface area contributed by atoms with Gasteiger partial charge >= 0.3 is 0 Å². The van der Waals surface area contributed by atoms with Crippen LogP contribution >= 0.6 is 11.6 Å². The van der Waals surface area contributed by atoms with Crippen molar-refractivity contribution in [2.75, 3.05) is 5.75 Å². The molecule has 0 aliphatic heterocycles. The third-order valence-corrected chi connectivity index (χ3v) is 4.67. The summed E-state index contributed by atoms with van der Waals surface area (Å²) >= 11 is 5.78. The second-order valence-electron chi connectivity index (χ2n) is 4.11. The van der Waals surface area contributed by atoms with E-state index in [-0.39, 0.29) is 17.3 Å². The van der Waals surface area contributed by atoms with Crippen molar-refractivity contribution in [1.29, 1.82) is 0 Å². The summed E-state index contributed by atoms with van der Waals surface area (Å²) in [5.74, 6) is -0.163. The van der Waals surface area contributed by atoms with Crippen molar-refractivity contribution in [3.8, 4) is 0 Å². The van der Waals surface area contributed by atoms with Crippen LogP contribution in [-0.2, 0) is 15.9 Å². The molecule has 2 rings (SSSR count). The first kappa shape index (κ1) is 14.5. The average Bonchev–Trinajstić information content (AvgIpc) is 2.77. The van der Waals surface area contributed by atoms with E-state index in [2.05, 4.69) is 6.58 Å². The summed E-state index contributed by atoms with van der Waals surface area (Å²) in [4.78, 5) is 10.3. The van der Waals surface area contributed by atoms with Gasteiger partial charge in [0.15, 0.2) is 0 Å². The number of fused-ring (bicyclic) bond motifs is 1. The molecule has 1 aromatic carbocycles. The highest BCUT2D eigenvalue weighted by Crippen LogP contribution is 2.28. The number of alkyl halides is 1. The van der Waals surface area contributed by atoms with E-state index in [0.717, 1.165) is 3.97 Å². The maximum Gasteiger partial charge on any atom is 0.270 e. The van der Waals surface area contributed by atoms with Gasteiger partial charge in [-0.1, -0.05) is 6.08 Å². The largest absolute Gasteiger partial charge is 0.270 e. The zero-order chi connectivity index (χ0) is 14.9. The van der Waals surface area contributed by atoms with Crippen LogP contribution in [0.15, 0.2) is 37.1 Å². The van der Waals surface area contributed by atoms with Gasteiger partial charge in [0.2, 0.25) is 10.0 Å². The molecule has 0 unspecified atom stereocenters. The second kappa shape index (κ2) is 5.26. The molecule has 20 heavy (non-hydrogen) atoms. The maximum absolute atomic E-state index is 12.1. The fourth-order valence-electron chi connectivity index (χ4n) is 1.93. The van der Waals surface area contributed by atoms with Crippen LogP contribution in [0.3, 0.4) is 0 Å². The van der Waals surface area contributed by atoms with E-state index in [1.54, 1.807) is 0 Å². The number of aromatic nitrogens is 1. The molecule has 106 valence electrons. The van der Waals surface area contributed by atoms with Crippen molar-refractivity contribution >= 4 is 38.2 Å². The maximum atomic E-state index is 12.1. The molecule has 1 aromatic heterocycles. The third-order valence-electron chi connectivity index (χ3n) is 2.82. The van der Waals surface area contributed by atoms with Crippen LogP contribution in [-0.4, -0.2) is 23.1 Å². The molecule has 0 spiro atoms. The average molecular weight is 315 g/mol. The van der Waals surface area contributed by atoms with Crippen LogP contribution < -0.4 is 0 Å². The smallest absolute Gasteiger partial charge is 0.258 e. The lowest BCUT2D eigenvalue weighted by Gasteiger charge is -2.04. The van der Waals surface area contributed by atoms with Gasteiger partial charge in [-0.05, 0) is 11.6 Å². The predicted octanol–water partition coefficient (Wildman–Crippen LogP) is 2.65. The molecule has 1 heterocycles. The van der Waals surface area contributed by atoms with Crippen molar-refractivity contribution in [1.82, 2.24) is 3.97 Å². The first-order valence-corrected chi connectivity index (χ1v) is 7.73. The fraction of sp³-hybridized carbons (Fsp3) is 0.167. The minimum absolute atomic E-state index is 0.0638. The van der Waals surface area contributed by atoms with E-state index in [9.17, 15) is 18.5 Å². The number of hydrogen-bond acceptors (Lipinski definition) is 4. The Hall–Kier alpha value is -1.86. The van der Waals surface area contributed by atoms with Crippen LogP contribution in [0.25, 0.3) is 10.9 Å². The highest BCUT2D eigenvalue weighted by Gasteiger charge is 2.19. The Bertz CT molecular complexity index is 795. The Morgan fingerprint density at radius 1 is 1.45 bits per heavy atom. The van der Waals surface area contributed by atoms with Gasteiger partial charge in [-0.2, -0.15) is 0 Å². The summed E-state index contributed by atoms with van der Waals surface area (Å²) in [6, 6.07) is 4.00. The molecule has 0 fully saturated rings.